The average molecular weight is 269 g/mol. The standard InChI is InChI=1S/C13H17ClN2O2/c1-15-6-8-16(9-7-15)13(17)10-18-12-5-3-2-4-11(12)14/h2-5H,6-10H2,1H3. The van der Waals surface area contributed by atoms with Crippen molar-refractivity contribution < 1.29 is 9.53 Å². The number of hydrogen-bond donors (Lipinski definition) is 0. The van der Waals surface area contributed by atoms with E-state index in [1.165, 1.54) is 0 Å². The third-order valence-electron chi connectivity index (χ3n) is 3.04. The van der Waals surface area contributed by atoms with Crippen LogP contribution in [0.1, 0.15) is 0 Å². The molecule has 1 aromatic rings. The van der Waals surface area contributed by atoms with Crippen molar-refractivity contribution in [2.75, 3.05) is 39.8 Å². The van der Waals surface area contributed by atoms with E-state index in [2.05, 4.69) is 11.9 Å². The van der Waals surface area contributed by atoms with Crippen LogP contribution in [-0.4, -0.2) is 55.5 Å². The van der Waals surface area contributed by atoms with E-state index in [-0.39, 0.29) is 12.5 Å². The van der Waals surface area contributed by atoms with Gasteiger partial charge in [-0.05, 0) is 19.2 Å². The van der Waals surface area contributed by atoms with Crippen LogP contribution < -0.4 is 4.74 Å². The smallest absolute Gasteiger partial charge is 0.260 e. The minimum Gasteiger partial charge on any atom is -0.482 e. The normalized spacial score (nSPS) is 16.7. The molecule has 0 N–H and O–H groups in total. The van der Waals surface area contributed by atoms with E-state index in [0.717, 1.165) is 26.2 Å². The second kappa shape index (κ2) is 6.07. The Bertz CT molecular complexity index is 417. The molecule has 1 saturated heterocycles. The van der Waals surface area contributed by atoms with Gasteiger partial charge in [0.1, 0.15) is 5.75 Å². The molecule has 0 unspecified atom stereocenters. The molecular weight excluding hydrogens is 252 g/mol. The highest BCUT2D eigenvalue weighted by atomic mass is 35.5. The predicted molar refractivity (Wildman–Crippen MR) is 71.0 cm³/mol. The minimum atomic E-state index is 0.0167. The number of hydrogen-bond acceptors (Lipinski definition) is 3. The van der Waals surface area contributed by atoms with Crippen molar-refractivity contribution >= 4 is 17.5 Å². The first-order valence-electron chi connectivity index (χ1n) is 6.00. The molecule has 1 aromatic carbocycles. The molecule has 98 valence electrons. The van der Waals surface area contributed by atoms with E-state index >= 15 is 0 Å². The quantitative estimate of drug-likeness (QED) is 0.833. The highest BCUT2D eigenvalue weighted by Gasteiger charge is 2.19. The lowest BCUT2D eigenvalue weighted by Gasteiger charge is -2.32. The lowest BCUT2D eigenvalue weighted by molar-refractivity contribution is -0.134. The summed E-state index contributed by atoms with van der Waals surface area (Å²) >= 11 is 5.96. The van der Waals surface area contributed by atoms with Crippen molar-refractivity contribution in [2.45, 2.75) is 0 Å². The first-order valence-corrected chi connectivity index (χ1v) is 6.38. The van der Waals surface area contributed by atoms with Crippen LogP contribution in [0, 0.1) is 0 Å². The molecule has 1 fully saturated rings. The molecule has 2 rings (SSSR count). The van der Waals surface area contributed by atoms with Crippen LogP contribution in [0.4, 0.5) is 0 Å². The summed E-state index contributed by atoms with van der Waals surface area (Å²) in [6, 6.07) is 7.18. The van der Waals surface area contributed by atoms with Gasteiger partial charge >= 0.3 is 0 Å². The SMILES string of the molecule is CN1CCN(C(=O)COc2ccccc2Cl)CC1. The van der Waals surface area contributed by atoms with Gasteiger partial charge in [-0.15, -0.1) is 0 Å². The van der Waals surface area contributed by atoms with Gasteiger partial charge in [0.15, 0.2) is 6.61 Å². The first kappa shape index (κ1) is 13.2. The summed E-state index contributed by atoms with van der Waals surface area (Å²) in [7, 11) is 2.06. The van der Waals surface area contributed by atoms with Crippen molar-refractivity contribution in [1.82, 2.24) is 9.80 Å². The molecule has 0 radical (unpaired) electrons. The summed E-state index contributed by atoms with van der Waals surface area (Å²) in [5.74, 6) is 0.574. The highest BCUT2D eigenvalue weighted by Crippen LogP contribution is 2.22. The first-order chi connectivity index (χ1) is 8.66. The molecular formula is C13H17ClN2O2. The van der Waals surface area contributed by atoms with Gasteiger partial charge in [0.25, 0.3) is 5.91 Å². The van der Waals surface area contributed by atoms with Crippen molar-refractivity contribution in [1.29, 1.82) is 0 Å². The minimum absolute atomic E-state index is 0.0167. The zero-order valence-electron chi connectivity index (χ0n) is 10.4. The number of para-hydroxylation sites is 1. The molecule has 0 spiro atoms. The molecule has 1 aliphatic rings. The van der Waals surface area contributed by atoms with E-state index < -0.39 is 0 Å². The van der Waals surface area contributed by atoms with E-state index in [0.29, 0.717) is 10.8 Å². The molecule has 5 heteroatoms. The lowest BCUT2D eigenvalue weighted by Crippen LogP contribution is -2.48. The Hall–Kier alpha value is -1.26. The fourth-order valence-corrected chi connectivity index (χ4v) is 2.04. The number of likely N-dealkylation sites (N-methyl/N-ethyl adjacent to an activating group) is 1. The molecule has 18 heavy (non-hydrogen) atoms. The molecule has 4 nitrogen and oxygen atoms in total. The molecule has 0 bridgehead atoms. The molecule has 1 heterocycles. The van der Waals surface area contributed by atoms with E-state index in [4.69, 9.17) is 16.3 Å². The molecule has 0 aliphatic carbocycles. The van der Waals surface area contributed by atoms with Crippen molar-refractivity contribution in [3.8, 4) is 5.75 Å². The zero-order chi connectivity index (χ0) is 13.0. The molecule has 0 atom stereocenters. The molecule has 1 aliphatic heterocycles. The van der Waals surface area contributed by atoms with Crippen molar-refractivity contribution in [2.24, 2.45) is 0 Å². The molecule has 1 amide bonds. The Morgan fingerprint density at radius 3 is 2.61 bits per heavy atom. The number of ether oxygens (including phenoxy) is 1. The van der Waals surface area contributed by atoms with Gasteiger partial charge in [-0.25, -0.2) is 0 Å². The maximum atomic E-state index is 11.9. The molecule has 0 saturated carbocycles. The summed E-state index contributed by atoms with van der Waals surface area (Å²) in [4.78, 5) is 16.0. The van der Waals surface area contributed by atoms with E-state index in [1.54, 1.807) is 12.1 Å². The van der Waals surface area contributed by atoms with E-state index in [1.807, 2.05) is 17.0 Å². The van der Waals surface area contributed by atoms with Gasteiger partial charge in [0, 0.05) is 26.2 Å². The topological polar surface area (TPSA) is 32.8 Å². The largest absolute Gasteiger partial charge is 0.482 e. The Kier molecular flexibility index (Phi) is 4.44. The lowest BCUT2D eigenvalue weighted by atomic mass is 10.3. The van der Waals surface area contributed by atoms with Crippen molar-refractivity contribution in [3.05, 3.63) is 29.3 Å². The Balaban J connectivity index is 1.83. The fraction of sp³-hybridized carbons (Fsp3) is 0.462. The zero-order valence-corrected chi connectivity index (χ0v) is 11.2. The highest BCUT2D eigenvalue weighted by molar-refractivity contribution is 6.32. The summed E-state index contributed by atoms with van der Waals surface area (Å²) in [6.45, 7) is 3.41. The van der Waals surface area contributed by atoms with Crippen LogP contribution in [0.15, 0.2) is 24.3 Å². The number of amides is 1. The Labute approximate surface area is 112 Å². The number of piperazine rings is 1. The van der Waals surface area contributed by atoms with Crippen LogP contribution >= 0.6 is 11.6 Å². The number of nitrogens with zero attached hydrogens (tertiary/aromatic N) is 2. The fourth-order valence-electron chi connectivity index (χ4n) is 1.85. The van der Waals surface area contributed by atoms with Crippen molar-refractivity contribution in [3.63, 3.8) is 0 Å². The summed E-state index contributed by atoms with van der Waals surface area (Å²) in [6.07, 6.45) is 0. The van der Waals surface area contributed by atoms with Crippen LogP contribution in [0.2, 0.25) is 5.02 Å². The third kappa shape index (κ3) is 3.37. The third-order valence-corrected chi connectivity index (χ3v) is 3.36. The monoisotopic (exact) mass is 268 g/mol. The summed E-state index contributed by atoms with van der Waals surface area (Å²) < 4.78 is 5.44. The van der Waals surface area contributed by atoms with Gasteiger partial charge in [0.05, 0.1) is 5.02 Å². The van der Waals surface area contributed by atoms with Crippen LogP contribution in [0.25, 0.3) is 0 Å². The van der Waals surface area contributed by atoms with Gasteiger partial charge in [-0.2, -0.15) is 0 Å². The summed E-state index contributed by atoms with van der Waals surface area (Å²) in [5, 5.41) is 0.531. The van der Waals surface area contributed by atoms with Gasteiger partial charge in [0.2, 0.25) is 0 Å². The van der Waals surface area contributed by atoms with Gasteiger partial charge in [-0.1, -0.05) is 23.7 Å². The van der Waals surface area contributed by atoms with Gasteiger partial charge in [-0.3, -0.25) is 4.79 Å². The summed E-state index contributed by atoms with van der Waals surface area (Å²) in [5.41, 5.74) is 0. The van der Waals surface area contributed by atoms with Crippen LogP contribution in [0.5, 0.6) is 5.75 Å². The van der Waals surface area contributed by atoms with Crippen LogP contribution in [0.3, 0.4) is 0 Å². The number of halogens is 1. The Morgan fingerprint density at radius 1 is 1.28 bits per heavy atom. The molecule has 0 aromatic heterocycles. The number of benzene rings is 1. The Morgan fingerprint density at radius 2 is 1.94 bits per heavy atom. The number of carbonyl (C=O) groups excluding carboxylic acids is 1. The predicted octanol–water partition coefficient (Wildman–Crippen LogP) is 1.49. The maximum absolute atomic E-state index is 11.9. The maximum Gasteiger partial charge on any atom is 0.260 e. The number of rotatable bonds is 3. The average Bonchev–Trinajstić information content (AvgIpc) is 2.38. The van der Waals surface area contributed by atoms with Crippen LogP contribution in [-0.2, 0) is 4.79 Å². The van der Waals surface area contributed by atoms with E-state index in [9.17, 15) is 4.79 Å². The second-order valence-electron chi connectivity index (χ2n) is 4.40. The number of carbonyl (C=O) groups is 1. The van der Waals surface area contributed by atoms with Gasteiger partial charge < -0.3 is 14.5 Å². The second-order valence-corrected chi connectivity index (χ2v) is 4.81.